The Morgan fingerprint density at radius 3 is 0.816 bits per heavy atom. The molecule has 0 saturated carbocycles. The predicted octanol–water partition coefficient (Wildman–Crippen LogP) is 21.2. The highest BCUT2D eigenvalue weighted by atomic mass is 15.1. The van der Waals surface area contributed by atoms with Gasteiger partial charge in [0, 0.05) is 34.1 Å². The zero-order valence-electron chi connectivity index (χ0n) is 41.6. The van der Waals surface area contributed by atoms with E-state index < -0.39 is 0 Å². The number of nitrogens with zero attached hydrogens (tertiary/aromatic N) is 2. The van der Waals surface area contributed by atoms with E-state index in [1.54, 1.807) is 0 Å². The number of anilines is 6. The summed E-state index contributed by atoms with van der Waals surface area (Å²) in [5.74, 6) is 0. The van der Waals surface area contributed by atoms with Crippen molar-refractivity contribution in [2.75, 3.05) is 9.80 Å². The Hall–Kier alpha value is -10.0. The average molecular weight is 965 g/mol. The highest BCUT2D eigenvalue weighted by Crippen LogP contribution is 2.48. The Balaban J connectivity index is 0.939. The number of rotatable bonds is 8. The van der Waals surface area contributed by atoms with E-state index in [2.05, 4.69) is 301 Å². The number of hydrogen-bond acceptors (Lipinski definition) is 2. The Morgan fingerprint density at radius 1 is 0.158 bits per heavy atom. The van der Waals surface area contributed by atoms with Gasteiger partial charge in [-0.3, -0.25) is 0 Å². The van der Waals surface area contributed by atoms with Crippen molar-refractivity contribution in [1.29, 1.82) is 0 Å². The van der Waals surface area contributed by atoms with Crippen LogP contribution in [0.5, 0.6) is 0 Å². The van der Waals surface area contributed by atoms with Crippen molar-refractivity contribution in [2.24, 2.45) is 0 Å². The summed E-state index contributed by atoms with van der Waals surface area (Å²) in [4.78, 5) is 4.85. The maximum absolute atomic E-state index is 2.48. The third kappa shape index (κ3) is 7.18. The molecule has 2 nitrogen and oxygen atoms in total. The zero-order valence-corrected chi connectivity index (χ0v) is 41.6. The first-order valence-corrected chi connectivity index (χ1v) is 26.2. The van der Waals surface area contributed by atoms with Gasteiger partial charge in [0.1, 0.15) is 0 Å². The van der Waals surface area contributed by atoms with Crippen LogP contribution in [0.1, 0.15) is 0 Å². The lowest BCUT2D eigenvalue weighted by molar-refractivity contribution is 1.29. The molecule has 0 aromatic heterocycles. The topological polar surface area (TPSA) is 6.48 Å². The predicted molar refractivity (Wildman–Crippen MR) is 327 cm³/mol. The maximum Gasteiger partial charge on any atom is 0.0474 e. The molecular weight excluding hydrogens is 917 g/mol. The second-order valence-corrected chi connectivity index (χ2v) is 20.0. The van der Waals surface area contributed by atoms with Gasteiger partial charge in [-0.25, -0.2) is 0 Å². The second kappa shape index (κ2) is 17.9. The summed E-state index contributed by atoms with van der Waals surface area (Å²) < 4.78 is 0. The van der Waals surface area contributed by atoms with Gasteiger partial charge < -0.3 is 9.80 Å². The minimum atomic E-state index is 1.11. The lowest BCUT2D eigenvalue weighted by Gasteiger charge is -2.27. The lowest BCUT2D eigenvalue weighted by Crippen LogP contribution is -2.10. The van der Waals surface area contributed by atoms with Crippen molar-refractivity contribution in [3.8, 4) is 22.3 Å². The molecule has 0 radical (unpaired) electrons. The average Bonchev–Trinajstić information content (AvgIpc) is 3.52. The summed E-state index contributed by atoms with van der Waals surface area (Å²) in [6.45, 7) is 0. The Morgan fingerprint density at radius 2 is 0.447 bits per heavy atom. The number of hydrogen-bond donors (Lipinski definition) is 0. The largest absolute Gasteiger partial charge is 0.310 e. The highest BCUT2D eigenvalue weighted by Gasteiger charge is 2.21. The molecule has 0 saturated heterocycles. The van der Waals surface area contributed by atoms with Crippen molar-refractivity contribution in [3.63, 3.8) is 0 Å². The summed E-state index contributed by atoms with van der Waals surface area (Å²) in [5.41, 5.74) is 11.5. The van der Waals surface area contributed by atoms with Crippen LogP contribution in [0.25, 0.3) is 108 Å². The molecule has 0 aliphatic rings. The molecule has 15 aromatic rings. The molecule has 15 rings (SSSR count). The first kappa shape index (κ1) is 43.6. The summed E-state index contributed by atoms with van der Waals surface area (Å²) >= 11 is 0. The van der Waals surface area contributed by atoms with E-state index >= 15 is 0 Å². The van der Waals surface area contributed by atoms with Crippen LogP contribution in [0.2, 0.25) is 0 Å². The van der Waals surface area contributed by atoms with E-state index in [-0.39, 0.29) is 0 Å². The lowest BCUT2D eigenvalue weighted by atomic mass is 9.88. The first-order valence-electron chi connectivity index (χ1n) is 26.2. The van der Waals surface area contributed by atoms with Crippen molar-refractivity contribution in [2.45, 2.75) is 0 Å². The summed E-state index contributed by atoms with van der Waals surface area (Å²) in [6.07, 6.45) is 0. The number of benzene rings is 15. The fourth-order valence-corrected chi connectivity index (χ4v) is 12.3. The van der Waals surface area contributed by atoms with Crippen LogP contribution < -0.4 is 9.80 Å². The van der Waals surface area contributed by atoms with Crippen LogP contribution in [-0.4, -0.2) is 0 Å². The molecule has 0 spiro atoms. The van der Waals surface area contributed by atoms with Gasteiger partial charge >= 0.3 is 0 Å². The van der Waals surface area contributed by atoms with Crippen molar-refractivity contribution in [3.05, 3.63) is 291 Å². The minimum absolute atomic E-state index is 1.11. The molecule has 0 atom stereocenters. The van der Waals surface area contributed by atoms with Crippen LogP contribution >= 0.6 is 0 Å². The standard InChI is InChI=1S/C74H48N2/c1-5-21-49(22-6-1)67-45-57(41-51-25-13-15-31-59(51)67)75(53-27-9-3-10-28-53)55-37-39-65-69(43-55)61-33-17-19-35-63(61)71-48-74-66-40-38-56(44-70(66)62-34-18-20-36-64(62)72(74)47-73(65)71)76(54-29-11-4-12-30-54)58-42-52-26-14-16-32-60(52)68(46-58)50-23-7-2-8-24-50/h1-48H. The summed E-state index contributed by atoms with van der Waals surface area (Å²) in [6, 6.07) is 107. The summed E-state index contributed by atoms with van der Waals surface area (Å²) in [5, 5.41) is 19.8. The van der Waals surface area contributed by atoms with Crippen LogP contribution in [0, 0.1) is 0 Å². The second-order valence-electron chi connectivity index (χ2n) is 20.0. The molecular formula is C74H48N2. The molecule has 0 fully saturated rings. The van der Waals surface area contributed by atoms with Crippen LogP contribution in [0.3, 0.4) is 0 Å². The van der Waals surface area contributed by atoms with E-state index in [9.17, 15) is 0 Å². The summed E-state index contributed by atoms with van der Waals surface area (Å²) in [7, 11) is 0. The van der Waals surface area contributed by atoms with E-state index in [0.29, 0.717) is 0 Å². The quantitative estimate of drug-likeness (QED) is 0.111. The molecule has 0 amide bonds. The van der Waals surface area contributed by atoms with Gasteiger partial charge in [-0.05, 0) is 193 Å². The Bertz CT molecular complexity index is 4440. The molecule has 0 aliphatic carbocycles. The van der Waals surface area contributed by atoms with E-state index in [4.69, 9.17) is 0 Å². The smallest absolute Gasteiger partial charge is 0.0474 e. The van der Waals surface area contributed by atoms with Crippen molar-refractivity contribution >= 4 is 120 Å². The van der Waals surface area contributed by atoms with E-state index in [1.165, 1.54) is 108 Å². The minimum Gasteiger partial charge on any atom is -0.310 e. The maximum atomic E-state index is 2.48. The fraction of sp³-hybridized carbons (Fsp3) is 0. The van der Waals surface area contributed by atoms with Gasteiger partial charge in [0.25, 0.3) is 0 Å². The molecule has 354 valence electrons. The first-order chi connectivity index (χ1) is 37.7. The van der Waals surface area contributed by atoms with E-state index in [0.717, 1.165) is 34.1 Å². The van der Waals surface area contributed by atoms with Crippen LogP contribution in [0.15, 0.2) is 291 Å². The van der Waals surface area contributed by atoms with Gasteiger partial charge in [-0.15, -0.1) is 0 Å². The molecule has 0 bridgehead atoms. The van der Waals surface area contributed by atoms with Gasteiger partial charge in [-0.1, -0.05) is 206 Å². The van der Waals surface area contributed by atoms with E-state index in [1.807, 2.05) is 0 Å². The third-order valence-electron chi connectivity index (χ3n) is 15.7. The third-order valence-corrected chi connectivity index (χ3v) is 15.7. The Labute approximate surface area is 441 Å². The highest BCUT2D eigenvalue weighted by molar-refractivity contribution is 6.33. The van der Waals surface area contributed by atoms with Gasteiger partial charge in [0.2, 0.25) is 0 Å². The number of para-hydroxylation sites is 2. The SMILES string of the molecule is c1ccc(-c2cc(N(c3ccccc3)c3ccc4c(c3)c3ccccc3c3cc5c6ccc(N(c7ccccc7)c7cc(-c8ccccc8)c8ccccc8c7)cc6c6ccccc6c5cc43)cc3ccccc23)cc1. The Kier molecular flexibility index (Phi) is 10.2. The van der Waals surface area contributed by atoms with Crippen molar-refractivity contribution in [1.82, 2.24) is 0 Å². The molecule has 2 heteroatoms. The molecule has 15 aromatic carbocycles. The monoisotopic (exact) mass is 964 g/mol. The normalized spacial score (nSPS) is 11.7. The molecule has 0 unspecified atom stereocenters. The van der Waals surface area contributed by atoms with Gasteiger partial charge in [0.05, 0.1) is 0 Å². The molecule has 0 N–H and O–H groups in total. The van der Waals surface area contributed by atoms with Crippen LogP contribution in [-0.2, 0) is 0 Å². The molecule has 0 heterocycles. The zero-order chi connectivity index (χ0) is 50.1. The molecule has 76 heavy (non-hydrogen) atoms. The van der Waals surface area contributed by atoms with Gasteiger partial charge in [-0.2, -0.15) is 0 Å². The molecule has 0 aliphatic heterocycles. The fourth-order valence-electron chi connectivity index (χ4n) is 12.3. The van der Waals surface area contributed by atoms with Crippen molar-refractivity contribution < 1.29 is 0 Å². The van der Waals surface area contributed by atoms with Crippen LogP contribution in [0.4, 0.5) is 34.1 Å². The number of fused-ring (bicyclic) bond motifs is 14. The van der Waals surface area contributed by atoms with Gasteiger partial charge in [0.15, 0.2) is 0 Å².